The molecule has 1 aromatic heterocycles. The van der Waals surface area contributed by atoms with Crippen molar-refractivity contribution in [3.8, 4) is 5.75 Å². The monoisotopic (exact) mass is 368 g/mol. The summed E-state index contributed by atoms with van der Waals surface area (Å²) in [6.45, 7) is 3.10. The number of alkyl halides is 3. The van der Waals surface area contributed by atoms with E-state index in [9.17, 15) is 22.8 Å². The SMILES string of the molecule is COc1ccc(C)cc1C(C)NC(=O)Cn1cc(C(F)(F)F)ccc1=O. The zero-order valence-electron chi connectivity index (χ0n) is 14.6. The molecule has 1 amide bonds. The Kier molecular flexibility index (Phi) is 5.74. The van der Waals surface area contributed by atoms with Crippen LogP contribution in [0.3, 0.4) is 0 Å². The zero-order chi connectivity index (χ0) is 19.5. The van der Waals surface area contributed by atoms with Gasteiger partial charge in [-0.3, -0.25) is 9.59 Å². The van der Waals surface area contributed by atoms with Crippen LogP contribution in [0.4, 0.5) is 13.2 Å². The Balaban J connectivity index is 2.17. The molecule has 1 aromatic carbocycles. The number of nitrogens with zero attached hydrogens (tertiary/aromatic N) is 1. The molecule has 5 nitrogen and oxygen atoms in total. The number of ether oxygens (including phenoxy) is 1. The van der Waals surface area contributed by atoms with E-state index in [1.54, 1.807) is 13.0 Å². The van der Waals surface area contributed by atoms with Crippen molar-refractivity contribution in [3.63, 3.8) is 0 Å². The number of rotatable bonds is 5. The summed E-state index contributed by atoms with van der Waals surface area (Å²) < 4.78 is 44.3. The van der Waals surface area contributed by atoms with E-state index >= 15 is 0 Å². The second kappa shape index (κ2) is 7.63. The second-order valence-corrected chi connectivity index (χ2v) is 5.92. The van der Waals surface area contributed by atoms with Gasteiger partial charge in [-0.2, -0.15) is 13.2 Å². The largest absolute Gasteiger partial charge is 0.496 e. The van der Waals surface area contributed by atoms with Gasteiger partial charge in [0.1, 0.15) is 12.3 Å². The average Bonchev–Trinajstić information content (AvgIpc) is 2.55. The number of hydrogen-bond acceptors (Lipinski definition) is 3. The fraction of sp³-hybridized carbons (Fsp3) is 0.333. The molecule has 0 radical (unpaired) electrons. The Hall–Kier alpha value is -2.77. The average molecular weight is 368 g/mol. The highest BCUT2D eigenvalue weighted by Crippen LogP contribution is 2.28. The molecule has 1 unspecified atom stereocenters. The molecule has 8 heteroatoms. The standard InChI is InChI=1S/C18H19F3N2O3/c1-11-4-6-15(26-3)14(8-11)12(2)22-16(24)10-23-9-13(18(19,20)21)5-7-17(23)25/h4-9,12H,10H2,1-3H3,(H,22,24). The van der Waals surface area contributed by atoms with Crippen LogP contribution in [0.5, 0.6) is 5.75 Å². The van der Waals surface area contributed by atoms with Gasteiger partial charge in [0.2, 0.25) is 5.91 Å². The summed E-state index contributed by atoms with van der Waals surface area (Å²) in [6, 6.07) is 6.52. The molecule has 0 saturated carbocycles. The summed E-state index contributed by atoms with van der Waals surface area (Å²) in [4.78, 5) is 23.9. The van der Waals surface area contributed by atoms with Crippen molar-refractivity contribution in [2.45, 2.75) is 32.6 Å². The van der Waals surface area contributed by atoms with Crippen LogP contribution in [-0.2, 0) is 17.5 Å². The van der Waals surface area contributed by atoms with Gasteiger partial charge in [-0.15, -0.1) is 0 Å². The highest BCUT2D eigenvalue weighted by Gasteiger charge is 2.31. The normalized spacial score (nSPS) is 12.5. The maximum absolute atomic E-state index is 12.8. The molecule has 1 atom stereocenters. The molecule has 1 N–H and O–H groups in total. The molecule has 0 bridgehead atoms. The maximum atomic E-state index is 12.8. The first kappa shape index (κ1) is 19.6. The minimum Gasteiger partial charge on any atom is -0.496 e. The van der Waals surface area contributed by atoms with E-state index in [0.29, 0.717) is 18.0 Å². The third kappa shape index (κ3) is 4.65. The fourth-order valence-electron chi connectivity index (χ4n) is 2.53. The van der Waals surface area contributed by atoms with Gasteiger partial charge >= 0.3 is 6.18 Å². The molecule has 0 aliphatic rings. The predicted octanol–water partition coefficient (Wildman–Crippen LogP) is 3.06. The topological polar surface area (TPSA) is 60.3 Å². The number of carbonyl (C=O) groups excluding carboxylic acids is 1. The molecule has 26 heavy (non-hydrogen) atoms. The first-order valence-electron chi connectivity index (χ1n) is 7.83. The van der Waals surface area contributed by atoms with Crippen LogP contribution in [0.25, 0.3) is 0 Å². The van der Waals surface area contributed by atoms with E-state index < -0.39 is 35.8 Å². The second-order valence-electron chi connectivity index (χ2n) is 5.92. The third-order valence-corrected chi connectivity index (χ3v) is 3.85. The Labute approximate surface area is 148 Å². The van der Waals surface area contributed by atoms with Gasteiger partial charge < -0.3 is 14.6 Å². The molecule has 0 fully saturated rings. The molecule has 0 saturated heterocycles. The van der Waals surface area contributed by atoms with Crippen molar-refractivity contribution in [2.24, 2.45) is 0 Å². The number of amides is 1. The van der Waals surface area contributed by atoms with Gasteiger partial charge in [-0.1, -0.05) is 17.7 Å². The summed E-state index contributed by atoms with van der Waals surface area (Å²) in [5.41, 5.74) is 0.0282. The van der Waals surface area contributed by atoms with Gasteiger partial charge in [0, 0.05) is 17.8 Å². The van der Waals surface area contributed by atoms with Crippen LogP contribution in [0.2, 0.25) is 0 Å². The van der Waals surface area contributed by atoms with Crippen molar-refractivity contribution in [1.82, 2.24) is 9.88 Å². The Morgan fingerprint density at radius 1 is 1.27 bits per heavy atom. The van der Waals surface area contributed by atoms with E-state index in [-0.39, 0.29) is 0 Å². The molecule has 1 heterocycles. The van der Waals surface area contributed by atoms with Crippen LogP contribution >= 0.6 is 0 Å². The summed E-state index contributed by atoms with van der Waals surface area (Å²) in [5.74, 6) is 0.00196. The molecular weight excluding hydrogens is 349 g/mol. The maximum Gasteiger partial charge on any atom is 0.417 e. The highest BCUT2D eigenvalue weighted by atomic mass is 19.4. The Morgan fingerprint density at radius 2 is 1.96 bits per heavy atom. The van der Waals surface area contributed by atoms with Crippen molar-refractivity contribution < 1.29 is 22.7 Å². The first-order chi connectivity index (χ1) is 12.1. The molecule has 2 aromatic rings. The lowest BCUT2D eigenvalue weighted by Gasteiger charge is -2.18. The van der Waals surface area contributed by atoms with E-state index in [1.165, 1.54) is 7.11 Å². The number of aryl methyl sites for hydroxylation is 1. The Bertz CT molecular complexity index is 859. The van der Waals surface area contributed by atoms with Crippen molar-refractivity contribution >= 4 is 5.91 Å². The van der Waals surface area contributed by atoms with Crippen LogP contribution in [0, 0.1) is 6.92 Å². The van der Waals surface area contributed by atoms with Crippen molar-refractivity contribution in [1.29, 1.82) is 0 Å². The summed E-state index contributed by atoms with van der Waals surface area (Å²) in [5, 5.41) is 2.67. The number of aromatic nitrogens is 1. The lowest BCUT2D eigenvalue weighted by Crippen LogP contribution is -2.34. The van der Waals surface area contributed by atoms with E-state index in [4.69, 9.17) is 4.74 Å². The van der Waals surface area contributed by atoms with Gasteiger partial charge in [-0.25, -0.2) is 0 Å². The number of halogens is 3. The lowest BCUT2D eigenvalue weighted by atomic mass is 10.0. The van der Waals surface area contributed by atoms with Gasteiger partial charge in [0.25, 0.3) is 5.56 Å². The van der Waals surface area contributed by atoms with Crippen LogP contribution in [-0.4, -0.2) is 17.6 Å². The molecular formula is C18H19F3N2O3. The quantitative estimate of drug-likeness (QED) is 0.882. The fourth-order valence-corrected chi connectivity index (χ4v) is 2.53. The molecule has 140 valence electrons. The number of nitrogens with one attached hydrogen (secondary N) is 1. The Morgan fingerprint density at radius 3 is 2.58 bits per heavy atom. The van der Waals surface area contributed by atoms with Crippen molar-refractivity contribution in [2.75, 3.05) is 7.11 Å². The summed E-state index contributed by atoms with van der Waals surface area (Å²) in [7, 11) is 1.50. The predicted molar refractivity (Wildman–Crippen MR) is 90.0 cm³/mol. The minimum atomic E-state index is -4.59. The summed E-state index contributed by atoms with van der Waals surface area (Å²) in [6.07, 6.45) is -3.95. The van der Waals surface area contributed by atoms with E-state index in [1.807, 2.05) is 19.1 Å². The number of methoxy groups -OCH3 is 1. The van der Waals surface area contributed by atoms with Gasteiger partial charge in [0.15, 0.2) is 0 Å². The summed E-state index contributed by atoms with van der Waals surface area (Å²) >= 11 is 0. The number of carbonyl (C=O) groups is 1. The van der Waals surface area contributed by atoms with Gasteiger partial charge in [0.05, 0.1) is 18.7 Å². The third-order valence-electron chi connectivity index (χ3n) is 3.85. The molecule has 2 rings (SSSR count). The van der Waals surface area contributed by atoms with Crippen LogP contribution in [0.1, 0.15) is 29.7 Å². The van der Waals surface area contributed by atoms with Crippen LogP contribution < -0.4 is 15.6 Å². The molecule has 0 spiro atoms. The van der Waals surface area contributed by atoms with Crippen molar-refractivity contribution in [3.05, 3.63) is 63.6 Å². The molecule has 0 aliphatic heterocycles. The van der Waals surface area contributed by atoms with E-state index in [2.05, 4.69) is 5.32 Å². The highest BCUT2D eigenvalue weighted by molar-refractivity contribution is 5.76. The number of benzene rings is 1. The minimum absolute atomic E-state index is 0.446. The first-order valence-corrected chi connectivity index (χ1v) is 7.83. The number of pyridine rings is 1. The molecule has 0 aliphatic carbocycles. The van der Waals surface area contributed by atoms with E-state index in [0.717, 1.165) is 21.8 Å². The lowest BCUT2D eigenvalue weighted by molar-refractivity contribution is -0.138. The van der Waals surface area contributed by atoms with Crippen LogP contribution in [0.15, 0.2) is 41.3 Å². The zero-order valence-corrected chi connectivity index (χ0v) is 14.6. The number of hydrogen-bond donors (Lipinski definition) is 1. The smallest absolute Gasteiger partial charge is 0.417 e. The van der Waals surface area contributed by atoms with Gasteiger partial charge in [-0.05, 0) is 26.0 Å².